The van der Waals surface area contributed by atoms with Crippen LogP contribution < -0.4 is 0 Å². The fraction of sp³-hybridized carbons (Fsp3) is 0.500. The highest BCUT2D eigenvalue weighted by atomic mass is 79.9. The minimum atomic E-state index is -0.634. The van der Waals surface area contributed by atoms with Gasteiger partial charge in [-0.3, -0.25) is 0 Å². The van der Waals surface area contributed by atoms with E-state index in [1.54, 1.807) is 0 Å². The number of aryl methyl sites for hydroxylation is 1. The van der Waals surface area contributed by atoms with Crippen LogP contribution in [-0.2, 0) is 5.60 Å². The number of halogens is 1. The maximum atomic E-state index is 10.4. The van der Waals surface area contributed by atoms with Crippen LogP contribution in [0.15, 0.2) is 22.7 Å². The lowest BCUT2D eigenvalue weighted by Crippen LogP contribution is -2.24. The summed E-state index contributed by atoms with van der Waals surface area (Å²) < 4.78 is 1.07. The number of hydrogen-bond donors (Lipinski definition) is 1. The molecule has 0 spiro atoms. The van der Waals surface area contributed by atoms with Crippen LogP contribution in [0.5, 0.6) is 0 Å². The maximum absolute atomic E-state index is 10.4. The van der Waals surface area contributed by atoms with Crippen LogP contribution in [-0.4, -0.2) is 5.11 Å². The molecule has 2 rings (SSSR count). The van der Waals surface area contributed by atoms with E-state index >= 15 is 0 Å². The summed E-state index contributed by atoms with van der Waals surface area (Å²) in [4.78, 5) is 0. The number of aliphatic hydroxyl groups is 1. The SMILES string of the molecule is Cc1cc(Br)ccc1C(C)(O)C1CC1. The van der Waals surface area contributed by atoms with Crippen LogP contribution in [0.25, 0.3) is 0 Å². The van der Waals surface area contributed by atoms with Gasteiger partial charge in [-0.1, -0.05) is 22.0 Å². The van der Waals surface area contributed by atoms with Gasteiger partial charge in [0.05, 0.1) is 5.60 Å². The largest absolute Gasteiger partial charge is 0.385 e. The molecule has 1 aromatic rings. The molecule has 0 aliphatic heterocycles. The summed E-state index contributed by atoms with van der Waals surface area (Å²) in [7, 11) is 0. The molecular formula is C12H15BrO. The molecule has 2 heteroatoms. The third kappa shape index (κ3) is 1.73. The van der Waals surface area contributed by atoms with Gasteiger partial charge in [0.2, 0.25) is 0 Å². The predicted octanol–water partition coefficient (Wildman–Crippen LogP) is 3.38. The van der Waals surface area contributed by atoms with Gasteiger partial charge in [-0.05, 0) is 55.9 Å². The Hall–Kier alpha value is -0.340. The van der Waals surface area contributed by atoms with Gasteiger partial charge in [0.15, 0.2) is 0 Å². The monoisotopic (exact) mass is 254 g/mol. The summed E-state index contributed by atoms with van der Waals surface area (Å²) in [6.45, 7) is 3.98. The lowest BCUT2D eigenvalue weighted by Gasteiger charge is -2.25. The van der Waals surface area contributed by atoms with E-state index in [4.69, 9.17) is 0 Å². The maximum Gasteiger partial charge on any atom is 0.0899 e. The molecule has 1 aliphatic carbocycles. The Morgan fingerprint density at radius 2 is 2.07 bits per heavy atom. The lowest BCUT2D eigenvalue weighted by molar-refractivity contribution is 0.0324. The summed E-state index contributed by atoms with van der Waals surface area (Å²) in [6, 6.07) is 6.09. The Morgan fingerprint density at radius 1 is 1.43 bits per heavy atom. The minimum Gasteiger partial charge on any atom is -0.385 e. The van der Waals surface area contributed by atoms with Crippen LogP contribution in [0, 0.1) is 12.8 Å². The number of benzene rings is 1. The van der Waals surface area contributed by atoms with Crippen molar-refractivity contribution in [1.29, 1.82) is 0 Å². The van der Waals surface area contributed by atoms with Crippen LogP contribution in [0.1, 0.15) is 30.9 Å². The van der Waals surface area contributed by atoms with Gasteiger partial charge in [0.1, 0.15) is 0 Å². The van der Waals surface area contributed by atoms with E-state index in [2.05, 4.69) is 28.9 Å². The molecule has 0 saturated heterocycles. The van der Waals surface area contributed by atoms with E-state index in [-0.39, 0.29) is 0 Å². The first-order chi connectivity index (χ1) is 6.51. The zero-order valence-corrected chi connectivity index (χ0v) is 10.1. The third-order valence-corrected chi connectivity index (χ3v) is 3.60. The molecule has 14 heavy (non-hydrogen) atoms. The molecule has 1 nitrogen and oxygen atoms in total. The first-order valence-electron chi connectivity index (χ1n) is 5.01. The van der Waals surface area contributed by atoms with E-state index in [9.17, 15) is 5.11 Å². The predicted molar refractivity (Wildman–Crippen MR) is 61.2 cm³/mol. The van der Waals surface area contributed by atoms with Crippen molar-refractivity contribution in [2.75, 3.05) is 0 Å². The first kappa shape index (κ1) is 10.2. The minimum absolute atomic E-state index is 0.461. The second-order valence-electron chi connectivity index (χ2n) is 4.38. The highest BCUT2D eigenvalue weighted by Gasteiger charge is 2.41. The van der Waals surface area contributed by atoms with Gasteiger partial charge in [-0.2, -0.15) is 0 Å². The van der Waals surface area contributed by atoms with E-state index in [0.29, 0.717) is 5.92 Å². The molecule has 1 aromatic carbocycles. The molecule has 0 bridgehead atoms. The van der Waals surface area contributed by atoms with Crippen molar-refractivity contribution < 1.29 is 5.11 Å². The fourth-order valence-electron chi connectivity index (χ4n) is 2.06. The zero-order chi connectivity index (χ0) is 10.3. The van der Waals surface area contributed by atoms with Gasteiger partial charge < -0.3 is 5.11 Å². The lowest BCUT2D eigenvalue weighted by atomic mass is 9.88. The van der Waals surface area contributed by atoms with Crippen molar-refractivity contribution in [3.05, 3.63) is 33.8 Å². The van der Waals surface area contributed by atoms with Crippen molar-refractivity contribution in [3.8, 4) is 0 Å². The summed E-state index contributed by atoms with van der Waals surface area (Å²) in [6.07, 6.45) is 2.31. The average molecular weight is 255 g/mol. The molecule has 0 heterocycles. The second-order valence-corrected chi connectivity index (χ2v) is 5.30. The smallest absolute Gasteiger partial charge is 0.0899 e. The Balaban J connectivity index is 2.40. The van der Waals surface area contributed by atoms with E-state index in [1.165, 1.54) is 0 Å². The highest BCUT2D eigenvalue weighted by Crippen LogP contribution is 2.46. The Morgan fingerprint density at radius 3 is 2.57 bits per heavy atom. The molecule has 1 saturated carbocycles. The third-order valence-electron chi connectivity index (χ3n) is 3.11. The summed E-state index contributed by atoms with van der Waals surface area (Å²) >= 11 is 3.43. The van der Waals surface area contributed by atoms with Crippen molar-refractivity contribution in [1.82, 2.24) is 0 Å². The normalized spacial score (nSPS) is 20.6. The van der Waals surface area contributed by atoms with Crippen LogP contribution in [0.2, 0.25) is 0 Å². The van der Waals surface area contributed by atoms with Crippen molar-refractivity contribution >= 4 is 15.9 Å². The van der Waals surface area contributed by atoms with E-state index in [0.717, 1.165) is 28.4 Å². The average Bonchev–Trinajstić information content (AvgIpc) is 2.84. The standard InChI is InChI=1S/C12H15BrO/c1-8-7-10(13)5-6-11(8)12(2,14)9-3-4-9/h5-7,9,14H,3-4H2,1-2H3. The molecule has 1 aliphatic rings. The van der Waals surface area contributed by atoms with Gasteiger partial charge in [0.25, 0.3) is 0 Å². The second kappa shape index (κ2) is 3.35. The van der Waals surface area contributed by atoms with Gasteiger partial charge in [0, 0.05) is 4.47 Å². The Labute approximate surface area is 93.3 Å². The van der Waals surface area contributed by atoms with E-state index in [1.807, 2.05) is 19.1 Å². The topological polar surface area (TPSA) is 20.2 Å². The number of hydrogen-bond acceptors (Lipinski definition) is 1. The first-order valence-corrected chi connectivity index (χ1v) is 5.80. The molecule has 0 aromatic heterocycles. The molecule has 1 fully saturated rings. The van der Waals surface area contributed by atoms with Crippen molar-refractivity contribution in [3.63, 3.8) is 0 Å². The van der Waals surface area contributed by atoms with Crippen LogP contribution in [0.3, 0.4) is 0 Å². The quantitative estimate of drug-likeness (QED) is 0.858. The van der Waals surface area contributed by atoms with Crippen LogP contribution in [0.4, 0.5) is 0 Å². The Kier molecular flexibility index (Phi) is 2.44. The molecule has 76 valence electrons. The van der Waals surface area contributed by atoms with Gasteiger partial charge in [-0.25, -0.2) is 0 Å². The van der Waals surface area contributed by atoms with Crippen molar-refractivity contribution in [2.24, 2.45) is 5.92 Å². The van der Waals surface area contributed by atoms with Crippen molar-refractivity contribution in [2.45, 2.75) is 32.3 Å². The number of rotatable bonds is 2. The molecule has 0 radical (unpaired) electrons. The highest BCUT2D eigenvalue weighted by molar-refractivity contribution is 9.10. The van der Waals surface area contributed by atoms with Crippen LogP contribution >= 0.6 is 15.9 Å². The van der Waals surface area contributed by atoms with Gasteiger partial charge >= 0.3 is 0 Å². The molecule has 1 N–H and O–H groups in total. The summed E-state index contributed by atoms with van der Waals surface area (Å²) in [5.74, 6) is 0.461. The summed E-state index contributed by atoms with van der Waals surface area (Å²) in [5.41, 5.74) is 1.60. The molecular weight excluding hydrogens is 240 g/mol. The molecule has 1 unspecified atom stereocenters. The fourth-order valence-corrected chi connectivity index (χ4v) is 2.54. The van der Waals surface area contributed by atoms with Gasteiger partial charge in [-0.15, -0.1) is 0 Å². The zero-order valence-electron chi connectivity index (χ0n) is 8.55. The molecule has 0 amide bonds. The molecule has 1 atom stereocenters. The van der Waals surface area contributed by atoms with E-state index < -0.39 is 5.60 Å². The Bertz CT molecular complexity index is 353. The summed E-state index contributed by atoms with van der Waals surface area (Å²) in [5, 5.41) is 10.4.